The molecule has 0 aromatic carbocycles. The number of fused-ring (bicyclic) bond motifs is 1. The molecule has 0 bridgehead atoms. The van der Waals surface area contributed by atoms with Crippen LogP contribution in [0.5, 0.6) is 0 Å². The van der Waals surface area contributed by atoms with Crippen molar-refractivity contribution in [3.8, 4) is 0 Å². The molecule has 0 unspecified atom stereocenters. The molecule has 2 aromatic heterocycles. The van der Waals surface area contributed by atoms with Crippen molar-refractivity contribution in [1.82, 2.24) is 30.0 Å². The zero-order valence-corrected chi connectivity index (χ0v) is 20.0. The van der Waals surface area contributed by atoms with Gasteiger partial charge in [0.15, 0.2) is 10.8 Å². The maximum Gasteiger partial charge on any atom is 0.353 e. The van der Waals surface area contributed by atoms with Crippen molar-refractivity contribution in [2.45, 2.75) is 16.6 Å². The van der Waals surface area contributed by atoms with Gasteiger partial charge in [-0.3, -0.25) is 19.2 Å². The molecule has 33 heavy (non-hydrogen) atoms. The predicted molar refractivity (Wildman–Crippen MR) is 124 cm³/mol. The van der Waals surface area contributed by atoms with E-state index in [2.05, 4.69) is 25.5 Å². The Morgan fingerprint density at radius 2 is 2.21 bits per heavy atom. The van der Waals surface area contributed by atoms with Gasteiger partial charge in [0.25, 0.3) is 11.8 Å². The number of hydrogen-bond acceptors (Lipinski definition) is 13. The average molecular weight is 529 g/mol. The number of amides is 2. The number of β-lactam (4-membered cyclic amide) rings is 1. The molecule has 13 nitrogen and oxygen atoms in total. The number of nitrogen functional groups attached to an aromatic ring is 1. The number of anilines is 1. The summed E-state index contributed by atoms with van der Waals surface area (Å²) in [7, 11) is 1.75. The number of oxime groups is 1. The monoisotopic (exact) mass is 528 g/mol. The van der Waals surface area contributed by atoms with E-state index in [1.165, 1.54) is 45.6 Å². The standard InChI is InChI=1S/C16H16N8O5S4/c1-23-4-18-16(21-23)33-5-32-7-3-30-13-9(12(26)24(13)10(7)14(27)28)20-11(25)8(22-29)6-2-31-15(17)19-6/h2,4,9,13,29H,3,5H2,1H3,(H2,17,19)(H,20,25)(H,27,28)/b22-8-/t9-,13-/m1/s1. The van der Waals surface area contributed by atoms with E-state index in [0.29, 0.717) is 20.9 Å². The molecule has 1 fully saturated rings. The zero-order valence-electron chi connectivity index (χ0n) is 16.7. The Balaban J connectivity index is 1.43. The molecular weight excluding hydrogens is 512 g/mol. The van der Waals surface area contributed by atoms with Crippen LogP contribution in [0.25, 0.3) is 0 Å². The first-order chi connectivity index (χ1) is 15.8. The van der Waals surface area contributed by atoms with Crippen LogP contribution in [-0.2, 0) is 21.4 Å². The summed E-state index contributed by atoms with van der Waals surface area (Å²) in [6.07, 6.45) is 1.57. The number of hydrogen-bond donors (Lipinski definition) is 4. The molecule has 2 amide bonds. The van der Waals surface area contributed by atoms with E-state index in [0.717, 1.165) is 11.3 Å². The van der Waals surface area contributed by atoms with Crippen LogP contribution in [0, 0.1) is 0 Å². The maximum absolute atomic E-state index is 12.8. The van der Waals surface area contributed by atoms with E-state index in [1.54, 1.807) is 18.1 Å². The first-order valence-electron chi connectivity index (χ1n) is 9.06. The lowest BCUT2D eigenvalue weighted by molar-refractivity contribution is -0.150. The Kier molecular flexibility index (Phi) is 6.82. The van der Waals surface area contributed by atoms with Gasteiger partial charge in [-0.1, -0.05) is 16.9 Å². The summed E-state index contributed by atoms with van der Waals surface area (Å²) in [5, 5.41) is 30.7. The molecule has 2 aliphatic heterocycles. The van der Waals surface area contributed by atoms with Gasteiger partial charge in [0.2, 0.25) is 5.16 Å². The maximum atomic E-state index is 12.8. The van der Waals surface area contributed by atoms with Crippen LogP contribution in [0.1, 0.15) is 5.69 Å². The van der Waals surface area contributed by atoms with Crippen LogP contribution in [0.15, 0.2) is 32.6 Å². The Morgan fingerprint density at radius 1 is 1.42 bits per heavy atom. The average Bonchev–Trinajstić information content (AvgIpc) is 3.39. The molecule has 1 saturated heterocycles. The van der Waals surface area contributed by atoms with Crippen LogP contribution in [0.3, 0.4) is 0 Å². The number of thiazole rings is 1. The molecule has 4 heterocycles. The lowest BCUT2D eigenvalue weighted by Gasteiger charge is -2.49. The first-order valence-corrected chi connectivity index (χ1v) is 13.0. The Hall–Kier alpha value is -2.76. The number of rotatable bonds is 8. The van der Waals surface area contributed by atoms with Crippen molar-refractivity contribution in [2.24, 2.45) is 12.2 Å². The number of aryl methyl sites for hydroxylation is 1. The number of aliphatic carboxylic acids is 1. The molecule has 2 aliphatic rings. The van der Waals surface area contributed by atoms with Crippen molar-refractivity contribution >= 4 is 75.2 Å². The number of carboxylic acid groups (broad SMARTS) is 1. The highest BCUT2D eigenvalue weighted by atomic mass is 32.2. The molecule has 0 radical (unpaired) electrons. The molecule has 4 rings (SSSR count). The number of thioether (sulfide) groups is 3. The fourth-order valence-electron chi connectivity index (χ4n) is 3.06. The van der Waals surface area contributed by atoms with Crippen molar-refractivity contribution in [2.75, 3.05) is 16.6 Å². The van der Waals surface area contributed by atoms with E-state index < -0.39 is 29.2 Å². The van der Waals surface area contributed by atoms with Gasteiger partial charge in [-0.05, 0) is 0 Å². The lowest BCUT2D eigenvalue weighted by Crippen LogP contribution is -2.71. The van der Waals surface area contributed by atoms with Gasteiger partial charge in [-0.25, -0.2) is 14.8 Å². The Morgan fingerprint density at radius 3 is 2.82 bits per heavy atom. The SMILES string of the molecule is Cn1cnc(SCSC2=C(C(=O)O)N3C(=O)[C@@H](NC(=O)/C(=N\O)c4csc(N)n4)[C@H]3SC2)n1. The number of nitrogens with zero attached hydrogens (tertiary/aromatic N) is 6. The highest BCUT2D eigenvalue weighted by Gasteiger charge is 2.54. The third-order valence-corrected chi connectivity index (χ3v) is 8.71. The second-order valence-corrected chi connectivity index (χ2v) is 10.9. The third-order valence-electron chi connectivity index (χ3n) is 4.50. The number of nitrogens with two attached hydrogens (primary N) is 1. The van der Waals surface area contributed by atoms with E-state index in [1.807, 2.05) is 0 Å². The number of carbonyl (C=O) groups excluding carboxylic acids is 2. The molecular formula is C16H16N8O5S4. The van der Waals surface area contributed by atoms with E-state index >= 15 is 0 Å². The molecule has 0 spiro atoms. The second-order valence-electron chi connectivity index (χ2n) is 6.56. The summed E-state index contributed by atoms with van der Waals surface area (Å²) in [5.41, 5.74) is 5.13. The highest BCUT2D eigenvalue weighted by molar-refractivity contribution is 8.18. The molecule has 17 heteroatoms. The quantitative estimate of drug-likeness (QED) is 0.0911. The van der Waals surface area contributed by atoms with Gasteiger partial charge < -0.3 is 21.4 Å². The van der Waals surface area contributed by atoms with Gasteiger partial charge in [0.05, 0.1) is 5.08 Å². The fourth-order valence-corrected chi connectivity index (χ4v) is 7.20. The molecule has 5 N–H and O–H groups in total. The minimum atomic E-state index is -1.22. The van der Waals surface area contributed by atoms with Crippen molar-refractivity contribution in [3.05, 3.63) is 28.0 Å². The fraction of sp³-hybridized carbons (Fsp3) is 0.312. The number of aromatic nitrogens is 4. The number of carbonyl (C=O) groups is 3. The van der Waals surface area contributed by atoms with Crippen molar-refractivity contribution in [1.29, 1.82) is 0 Å². The summed E-state index contributed by atoms with van der Waals surface area (Å²) < 4.78 is 1.57. The van der Waals surface area contributed by atoms with Gasteiger partial charge in [-0.15, -0.1) is 40.0 Å². The van der Waals surface area contributed by atoms with Gasteiger partial charge in [0, 0.05) is 23.1 Å². The Bertz CT molecular complexity index is 1180. The predicted octanol–water partition coefficient (Wildman–Crippen LogP) is 0.211. The van der Waals surface area contributed by atoms with E-state index in [4.69, 9.17) is 5.73 Å². The second kappa shape index (κ2) is 9.62. The van der Waals surface area contributed by atoms with Crippen molar-refractivity contribution in [3.63, 3.8) is 0 Å². The van der Waals surface area contributed by atoms with Gasteiger partial charge >= 0.3 is 5.97 Å². The first kappa shape index (κ1) is 23.4. The molecule has 2 atom stereocenters. The third kappa shape index (κ3) is 4.66. The summed E-state index contributed by atoms with van der Waals surface area (Å²) in [6.45, 7) is 0. The highest BCUT2D eigenvalue weighted by Crippen LogP contribution is 2.44. The van der Waals surface area contributed by atoms with Crippen LogP contribution in [0.2, 0.25) is 0 Å². The molecule has 0 saturated carbocycles. The van der Waals surface area contributed by atoms with Gasteiger partial charge in [0.1, 0.15) is 29.1 Å². The van der Waals surface area contributed by atoms with Crippen LogP contribution >= 0.6 is 46.6 Å². The normalized spacial score (nSPS) is 20.5. The van der Waals surface area contributed by atoms with Crippen LogP contribution in [0.4, 0.5) is 5.13 Å². The smallest absolute Gasteiger partial charge is 0.353 e. The van der Waals surface area contributed by atoms with Crippen LogP contribution in [-0.4, -0.2) is 80.7 Å². The summed E-state index contributed by atoms with van der Waals surface area (Å²) in [6, 6.07) is -0.969. The lowest BCUT2D eigenvalue weighted by atomic mass is 10.0. The molecule has 174 valence electrons. The minimum Gasteiger partial charge on any atom is -0.477 e. The zero-order chi connectivity index (χ0) is 23.7. The summed E-state index contributed by atoms with van der Waals surface area (Å²) in [5.74, 6) is -2.25. The largest absolute Gasteiger partial charge is 0.477 e. The topological polar surface area (TPSA) is 189 Å². The van der Waals surface area contributed by atoms with E-state index in [-0.39, 0.29) is 22.2 Å². The minimum absolute atomic E-state index is 0.0714. The van der Waals surface area contributed by atoms with E-state index in [9.17, 15) is 24.7 Å². The number of carboxylic acids is 1. The molecule has 0 aliphatic carbocycles. The molecule has 2 aromatic rings. The van der Waals surface area contributed by atoms with Crippen LogP contribution < -0.4 is 11.1 Å². The van der Waals surface area contributed by atoms with Gasteiger partial charge in [-0.2, -0.15) is 0 Å². The summed E-state index contributed by atoms with van der Waals surface area (Å²) in [4.78, 5) is 47.0. The number of nitrogens with one attached hydrogen (secondary N) is 1. The summed E-state index contributed by atoms with van der Waals surface area (Å²) >= 11 is 5.06. The Labute approximate surface area is 202 Å². The van der Waals surface area contributed by atoms with Crippen molar-refractivity contribution < 1.29 is 24.7 Å².